The molecular weight excluding hydrogens is 288 g/mol. The van der Waals surface area contributed by atoms with Gasteiger partial charge in [-0.1, -0.05) is 17.7 Å². The molecule has 5 heteroatoms. The van der Waals surface area contributed by atoms with Crippen LogP contribution in [0.25, 0.3) is 0 Å². The van der Waals surface area contributed by atoms with Crippen LogP contribution in [-0.4, -0.2) is 36.7 Å². The Balaban J connectivity index is 2.04. The molecule has 1 saturated heterocycles. The molecule has 1 fully saturated rings. The minimum atomic E-state index is -0.103. The van der Waals surface area contributed by atoms with Crippen molar-refractivity contribution in [3.63, 3.8) is 0 Å². The second-order valence-electron chi connectivity index (χ2n) is 5.53. The van der Waals surface area contributed by atoms with E-state index in [1.165, 1.54) is 0 Å². The van der Waals surface area contributed by atoms with Crippen molar-refractivity contribution in [2.45, 2.75) is 39.7 Å². The molecule has 0 spiro atoms. The molecule has 0 aromatic heterocycles. The highest BCUT2D eigenvalue weighted by Crippen LogP contribution is 2.28. The molecular formula is C16H23ClN2O2. The van der Waals surface area contributed by atoms with Gasteiger partial charge < -0.3 is 15.0 Å². The number of ether oxygens (including phenoxy) is 1. The summed E-state index contributed by atoms with van der Waals surface area (Å²) in [6.45, 7) is 8.01. The van der Waals surface area contributed by atoms with Crippen LogP contribution in [0.1, 0.15) is 30.9 Å². The number of hydrogen-bond donors (Lipinski definition) is 1. The van der Waals surface area contributed by atoms with E-state index in [4.69, 9.17) is 16.3 Å². The summed E-state index contributed by atoms with van der Waals surface area (Å²) < 4.78 is 5.63. The van der Waals surface area contributed by atoms with Crippen LogP contribution in [0.4, 0.5) is 10.5 Å². The molecule has 4 nitrogen and oxygen atoms in total. The number of aryl methyl sites for hydroxylation is 2. The number of anilines is 1. The lowest BCUT2D eigenvalue weighted by atomic mass is 10.1. The van der Waals surface area contributed by atoms with Gasteiger partial charge >= 0.3 is 6.03 Å². The SMILES string of the molecule is CCO[C@H]1CCCN(C(=O)Nc2c(C)cc(C)cc2Cl)C1. The smallest absolute Gasteiger partial charge is 0.321 e. The van der Waals surface area contributed by atoms with Crippen molar-refractivity contribution in [1.82, 2.24) is 4.90 Å². The number of likely N-dealkylation sites (tertiary alicyclic amines) is 1. The standard InChI is InChI=1S/C16H23ClN2O2/c1-4-21-13-6-5-7-19(10-13)16(20)18-15-12(3)8-11(2)9-14(15)17/h8-9,13H,4-7,10H2,1-3H3,(H,18,20)/t13-/m0/s1. The third-order valence-corrected chi connectivity index (χ3v) is 4.03. The van der Waals surface area contributed by atoms with Crippen LogP contribution in [0, 0.1) is 13.8 Å². The van der Waals surface area contributed by atoms with Crippen molar-refractivity contribution < 1.29 is 9.53 Å². The summed E-state index contributed by atoms with van der Waals surface area (Å²) in [6.07, 6.45) is 2.13. The number of rotatable bonds is 3. The second-order valence-corrected chi connectivity index (χ2v) is 5.94. The lowest BCUT2D eigenvalue weighted by Crippen LogP contribution is -2.45. The van der Waals surface area contributed by atoms with Crippen molar-refractivity contribution in [2.24, 2.45) is 0 Å². The van der Waals surface area contributed by atoms with E-state index in [2.05, 4.69) is 5.32 Å². The second kappa shape index (κ2) is 7.14. The first-order valence-electron chi connectivity index (χ1n) is 7.45. The number of piperidine rings is 1. The van der Waals surface area contributed by atoms with Crippen molar-refractivity contribution >= 4 is 23.3 Å². The van der Waals surface area contributed by atoms with E-state index in [1.54, 1.807) is 4.90 Å². The van der Waals surface area contributed by atoms with Crippen LogP contribution in [-0.2, 0) is 4.74 Å². The van der Waals surface area contributed by atoms with E-state index in [1.807, 2.05) is 32.9 Å². The fourth-order valence-electron chi connectivity index (χ4n) is 2.75. The summed E-state index contributed by atoms with van der Waals surface area (Å²) in [6, 6.07) is 3.78. The van der Waals surface area contributed by atoms with Crippen molar-refractivity contribution in [3.8, 4) is 0 Å². The number of urea groups is 1. The molecule has 2 amide bonds. The van der Waals surface area contributed by atoms with Crippen LogP contribution < -0.4 is 5.32 Å². The Kier molecular flexibility index (Phi) is 5.48. The van der Waals surface area contributed by atoms with Gasteiger partial charge in [0.25, 0.3) is 0 Å². The fourth-order valence-corrected chi connectivity index (χ4v) is 3.12. The van der Waals surface area contributed by atoms with Gasteiger partial charge in [0.1, 0.15) is 0 Å². The van der Waals surface area contributed by atoms with Gasteiger partial charge in [-0.2, -0.15) is 0 Å². The van der Waals surface area contributed by atoms with E-state index in [-0.39, 0.29) is 12.1 Å². The van der Waals surface area contributed by atoms with Crippen LogP contribution in [0.3, 0.4) is 0 Å². The van der Waals surface area contributed by atoms with Gasteiger partial charge in [0.15, 0.2) is 0 Å². The van der Waals surface area contributed by atoms with Crippen LogP contribution in [0.5, 0.6) is 0 Å². The van der Waals surface area contributed by atoms with Gasteiger partial charge in [0.05, 0.1) is 16.8 Å². The number of nitrogens with zero attached hydrogens (tertiary/aromatic N) is 1. The molecule has 0 unspecified atom stereocenters. The van der Waals surface area contributed by atoms with Gasteiger partial charge in [-0.3, -0.25) is 0 Å². The molecule has 1 aromatic carbocycles. The number of carbonyl (C=O) groups excluding carboxylic acids is 1. The molecule has 2 rings (SSSR count). The number of halogens is 1. The number of benzene rings is 1. The molecule has 1 heterocycles. The number of nitrogens with one attached hydrogen (secondary N) is 1. The van der Waals surface area contributed by atoms with E-state index in [0.717, 1.165) is 30.5 Å². The predicted octanol–water partition coefficient (Wildman–Crippen LogP) is 3.99. The first-order valence-corrected chi connectivity index (χ1v) is 7.83. The molecule has 1 atom stereocenters. The Bertz CT molecular complexity index is 494. The Morgan fingerprint density at radius 2 is 2.24 bits per heavy atom. The molecule has 0 saturated carbocycles. The summed E-state index contributed by atoms with van der Waals surface area (Å²) >= 11 is 6.24. The van der Waals surface area contributed by atoms with E-state index in [9.17, 15) is 4.79 Å². The third-order valence-electron chi connectivity index (χ3n) is 3.73. The normalized spacial score (nSPS) is 18.7. The lowest BCUT2D eigenvalue weighted by Gasteiger charge is -2.32. The monoisotopic (exact) mass is 310 g/mol. The minimum Gasteiger partial charge on any atom is -0.377 e. The number of carbonyl (C=O) groups is 1. The molecule has 1 aromatic rings. The first-order chi connectivity index (χ1) is 10.0. The molecule has 0 radical (unpaired) electrons. The zero-order chi connectivity index (χ0) is 15.4. The van der Waals surface area contributed by atoms with Crippen molar-refractivity contribution in [1.29, 1.82) is 0 Å². The summed E-state index contributed by atoms with van der Waals surface area (Å²) in [5, 5.41) is 3.52. The minimum absolute atomic E-state index is 0.103. The van der Waals surface area contributed by atoms with E-state index in [0.29, 0.717) is 23.9 Å². The Hall–Kier alpha value is -1.26. The highest BCUT2D eigenvalue weighted by molar-refractivity contribution is 6.34. The average Bonchev–Trinajstić information content (AvgIpc) is 2.43. The van der Waals surface area contributed by atoms with E-state index >= 15 is 0 Å². The van der Waals surface area contributed by atoms with Crippen LogP contribution >= 0.6 is 11.6 Å². The number of hydrogen-bond acceptors (Lipinski definition) is 2. The van der Waals surface area contributed by atoms with Gasteiger partial charge in [0, 0.05) is 19.7 Å². The fraction of sp³-hybridized carbons (Fsp3) is 0.562. The van der Waals surface area contributed by atoms with Crippen LogP contribution in [0.2, 0.25) is 5.02 Å². The largest absolute Gasteiger partial charge is 0.377 e. The Labute approximate surface area is 131 Å². The highest BCUT2D eigenvalue weighted by Gasteiger charge is 2.24. The first kappa shape index (κ1) is 16.1. The molecule has 1 N–H and O–H groups in total. The Morgan fingerprint density at radius 3 is 2.90 bits per heavy atom. The molecule has 1 aliphatic rings. The number of amides is 2. The molecule has 1 aliphatic heterocycles. The molecule has 116 valence electrons. The highest BCUT2D eigenvalue weighted by atomic mass is 35.5. The van der Waals surface area contributed by atoms with Gasteiger partial charge in [-0.15, -0.1) is 0 Å². The van der Waals surface area contributed by atoms with Gasteiger partial charge in [-0.25, -0.2) is 4.79 Å². The quantitative estimate of drug-likeness (QED) is 0.917. The maximum atomic E-state index is 12.4. The predicted molar refractivity (Wildman–Crippen MR) is 86.2 cm³/mol. The molecule has 21 heavy (non-hydrogen) atoms. The summed E-state index contributed by atoms with van der Waals surface area (Å²) in [5.41, 5.74) is 2.77. The topological polar surface area (TPSA) is 41.6 Å². The summed E-state index contributed by atoms with van der Waals surface area (Å²) in [4.78, 5) is 14.2. The molecule has 0 aliphatic carbocycles. The molecule has 0 bridgehead atoms. The Morgan fingerprint density at radius 1 is 1.48 bits per heavy atom. The maximum absolute atomic E-state index is 12.4. The zero-order valence-corrected chi connectivity index (χ0v) is 13.7. The van der Waals surface area contributed by atoms with Crippen molar-refractivity contribution in [3.05, 3.63) is 28.3 Å². The average molecular weight is 311 g/mol. The maximum Gasteiger partial charge on any atom is 0.321 e. The summed E-state index contributed by atoms with van der Waals surface area (Å²) in [5.74, 6) is 0. The van der Waals surface area contributed by atoms with Gasteiger partial charge in [0.2, 0.25) is 0 Å². The van der Waals surface area contributed by atoms with Crippen LogP contribution in [0.15, 0.2) is 12.1 Å². The van der Waals surface area contributed by atoms with E-state index < -0.39 is 0 Å². The van der Waals surface area contributed by atoms with Gasteiger partial charge in [-0.05, 0) is 50.8 Å². The summed E-state index contributed by atoms with van der Waals surface area (Å²) in [7, 11) is 0. The third kappa shape index (κ3) is 4.11. The van der Waals surface area contributed by atoms with Crippen molar-refractivity contribution in [2.75, 3.05) is 25.0 Å². The zero-order valence-electron chi connectivity index (χ0n) is 12.9. The lowest BCUT2D eigenvalue weighted by molar-refractivity contribution is 0.0181.